The number of carbonyl (C=O) groups excluding carboxylic acids is 1. The van der Waals surface area contributed by atoms with Crippen LogP contribution in [0.2, 0.25) is 0 Å². The van der Waals surface area contributed by atoms with Crippen molar-refractivity contribution in [3.05, 3.63) is 89.4 Å². The fourth-order valence-electron chi connectivity index (χ4n) is 4.54. The zero-order valence-corrected chi connectivity index (χ0v) is 20.6. The summed E-state index contributed by atoms with van der Waals surface area (Å²) in [7, 11) is 0. The fraction of sp³-hybridized carbons (Fsp3) is 0.222. The molecule has 6 rings (SSSR count). The van der Waals surface area contributed by atoms with Crippen LogP contribution in [0.1, 0.15) is 34.0 Å². The number of rotatable bonds is 8. The number of hydrogen-bond donors (Lipinski definition) is 1. The minimum Gasteiger partial charge on any atom is -0.376 e. The monoisotopic (exact) mass is 500 g/mol. The number of hydrogen-bond acceptors (Lipinski definition) is 6. The lowest BCUT2D eigenvalue weighted by molar-refractivity contribution is 0.0953. The van der Waals surface area contributed by atoms with Crippen LogP contribution >= 0.6 is 23.1 Å². The lowest BCUT2D eigenvalue weighted by Crippen LogP contribution is -2.17. The molecule has 2 atom stereocenters. The molecule has 0 radical (unpaired) electrons. The van der Waals surface area contributed by atoms with Gasteiger partial charge in [-0.15, -0.1) is 21.5 Å². The first-order valence-electron chi connectivity index (χ1n) is 11.7. The van der Waals surface area contributed by atoms with Gasteiger partial charge in [0.1, 0.15) is 5.25 Å². The summed E-state index contributed by atoms with van der Waals surface area (Å²) in [6.45, 7) is 1.46. The number of ether oxygens (including phenoxy) is 1. The number of nitrogens with one attached hydrogen (secondary N) is 1. The predicted molar refractivity (Wildman–Crippen MR) is 140 cm³/mol. The molecule has 0 spiro atoms. The summed E-state index contributed by atoms with van der Waals surface area (Å²) in [6, 6.07) is 21.9. The first-order valence-corrected chi connectivity index (χ1v) is 13.4. The van der Waals surface area contributed by atoms with Gasteiger partial charge in [-0.05, 0) is 35.9 Å². The number of thioether (sulfide) groups is 1. The molecule has 1 aliphatic rings. The number of nitrogens with zero attached hydrogens (tertiary/aromatic N) is 3. The van der Waals surface area contributed by atoms with Gasteiger partial charge in [0, 0.05) is 29.3 Å². The third kappa shape index (κ3) is 4.45. The van der Waals surface area contributed by atoms with E-state index >= 15 is 0 Å². The molecule has 1 fully saturated rings. The van der Waals surface area contributed by atoms with Crippen LogP contribution in [0.25, 0.3) is 21.6 Å². The van der Waals surface area contributed by atoms with Crippen molar-refractivity contribution in [3.8, 4) is 10.7 Å². The Balaban J connectivity index is 1.40. The summed E-state index contributed by atoms with van der Waals surface area (Å²) in [4.78, 5) is 18.3. The van der Waals surface area contributed by atoms with Crippen LogP contribution in [0, 0.1) is 0 Å². The van der Waals surface area contributed by atoms with Gasteiger partial charge in [0.05, 0.1) is 17.5 Å². The third-order valence-electron chi connectivity index (χ3n) is 6.29. The van der Waals surface area contributed by atoms with Crippen LogP contribution in [0.3, 0.4) is 0 Å². The highest BCUT2D eigenvalue weighted by Crippen LogP contribution is 2.40. The number of fused-ring (bicyclic) bond motifs is 1. The van der Waals surface area contributed by atoms with E-state index in [1.54, 1.807) is 11.3 Å². The van der Waals surface area contributed by atoms with Crippen molar-refractivity contribution in [2.75, 3.05) is 6.61 Å². The topological polar surface area (TPSA) is 72.8 Å². The molecule has 35 heavy (non-hydrogen) atoms. The lowest BCUT2D eigenvalue weighted by Gasteiger charge is -2.18. The summed E-state index contributed by atoms with van der Waals surface area (Å²) in [5, 5.41) is 12.4. The van der Waals surface area contributed by atoms with Crippen LogP contribution < -0.4 is 0 Å². The molecular weight excluding hydrogens is 476 g/mol. The van der Waals surface area contributed by atoms with Gasteiger partial charge in [-0.3, -0.25) is 9.36 Å². The van der Waals surface area contributed by atoms with Gasteiger partial charge in [0.15, 0.2) is 16.8 Å². The Morgan fingerprint density at radius 2 is 1.97 bits per heavy atom. The Labute approximate surface area is 211 Å². The summed E-state index contributed by atoms with van der Waals surface area (Å²) in [5.74, 6) is 0.868. The van der Waals surface area contributed by atoms with E-state index in [2.05, 4.69) is 25.8 Å². The van der Waals surface area contributed by atoms with E-state index < -0.39 is 5.25 Å². The number of aromatic amines is 1. The minimum atomic E-state index is -0.459. The van der Waals surface area contributed by atoms with E-state index in [1.165, 1.54) is 11.8 Å². The molecule has 5 aromatic rings. The third-order valence-corrected chi connectivity index (χ3v) is 8.39. The highest BCUT2D eigenvalue weighted by atomic mass is 32.2. The van der Waals surface area contributed by atoms with Crippen molar-refractivity contribution < 1.29 is 9.53 Å². The number of benzene rings is 2. The minimum absolute atomic E-state index is 0.0444. The largest absolute Gasteiger partial charge is 0.376 e. The standard InChI is InChI=1S/C27H24N4O2S2/c32-24(21-16-28-22-12-5-4-11-20(21)22)25(18-8-2-1-3-9-18)35-27-30-29-26(23-13-7-15-34-23)31(27)17-19-10-6-14-33-19/h1-5,7-9,11-13,15-16,19,25,28H,6,10,14,17H2. The molecule has 176 valence electrons. The van der Waals surface area contributed by atoms with Crippen LogP contribution in [-0.2, 0) is 11.3 Å². The summed E-state index contributed by atoms with van der Waals surface area (Å²) in [5.41, 5.74) is 2.58. The Bertz CT molecular complexity index is 1440. The first-order chi connectivity index (χ1) is 17.3. The second kappa shape index (κ2) is 9.81. The van der Waals surface area contributed by atoms with Gasteiger partial charge in [-0.25, -0.2) is 0 Å². The fourth-order valence-corrected chi connectivity index (χ4v) is 6.37. The number of carbonyl (C=O) groups is 1. The molecule has 2 unspecified atom stereocenters. The van der Waals surface area contributed by atoms with E-state index in [9.17, 15) is 4.79 Å². The van der Waals surface area contributed by atoms with Crippen LogP contribution in [-0.4, -0.2) is 38.2 Å². The molecule has 1 N–H and O–H groups in total. The van der Waals surface area contributed by atoms with Gasteiger partial charge in [-0.2, -0.15) is 0 Å². The quantitative estimate of drug-likeness (QED) is 0.198. The van der Waals surface area contributed by atoms with Gasteiger partial charge in [-0.1, -0.05) is 66.4 Å². The molecule has 2 aromatic carbocycles. The highest BCUT2D eigenvalue weighted by Gasteiger charge is 2.29. The van der Waals surface area contributed by atoms with Crippen LogP contribution in [0.15, 0.2) is 83.5 Å². The summed E-state index contributed by atoms with van der Waals surface area (Å²) >= 11 is 3.10. The summed E-state index contributed by atoms with van der Waals surface area (Å²) in [6.07, 6.45) is 4.03. The lowest BCUT2D eigenvalue weighted by atomic mass is 10.0. The molecule has 3 aromatic heterocycles. The molecule has 8 heteroatoms. The van der Waals surface area contributed by atoms with Crippen molar-refractivity contribution in [3.63, 3.8) is 0 Å². The van der Waals surface area contributed by atoms with E-state index in [1.807, 2.05) is 72.2 Å². The maximum Gasteiger partial charge on any atom is 0.192 e. The number of ketones is 1. The number of aromatic nitrogens is 4. The maximum atomic E-state index is 14.0. The zero-order valence-electron chi connectivity index (χ0n) is 19.0. The van der Waals surface area contributed by atoms with Crippen molar-refractivity contribution in [2.24, 2.45) is 0 Å². The molecule has 6 nitrogen and oxygen atoms in total. The number of para-hydroxylation sites is 1. The molecular formula is C27H24N4O2S2. The number of Topliss-reactive ketones (excluding diaryl/α,β-unsaturated/α-hetero) is 1. The average molecular weight is 501 g/mol. The van der Waals surface area contributed by atoms with E-state index in [4.69, 9.17) is 4.74 Å². The van der Waals surface area contributed by atoms with E-state index in [0.717, 1.165) is 51.8 Å². The smallest absolute Gasteiger partial charge is 0.192 e. The number of thiophene rings is 1. The highest BCUT2D eigenvalue weighted by molar-refractivity contribution is 8.00. The second-order valence-electron chi connectivity index (χ2n) is 8.55. The Morgan fingerprint density at radius 1 is 1.11 bits per heavy atom. The predicted octanol–water partition coefficient (Wildman–Crippen LogP) is 6.38. The van der Waals surface area contributed by atoms with Gasteiger partial charge in [0.25, 0.3) is 0 Å². The maximum absolute atomic E-state index is 14.0. The van der Waals surface area contributed by atoms with Crippen molar-refractivity contribution in [1.29, 1.82) is 0 Å². The molecule has 0 amide bonds. The van der Waals surface area contributed by atoms with Crippen molar-refractivity contribution in [2.45, 2.75) is 35.9 Å². The molecule has 0 saturated carbocycles. The molecule has 4 heterocycles. The van der Waals surface area contributed by atoms with Crippen LogP contribution in [0.4, 0.5) is 0 Å². The van der Waals surface area contributed by atoms with Gasteiger partial charge in [0.2, 0.25) is 0 Å². The first kappa shape index (κ1) is 22.3. The van der Waals surface area contributed by atoms with Crippen LogP contribution in [0.5, 0.6) is 0 Å². The zero-order chi connectivity index (χ0) is 23.6. The van der Waals surface area contributed by atoms with E-state index in [0.29, 0.717) is 12.1 Å². The molecule has 0 bridgehead atoms. The molecule has 0 aliphatic carbocycles. The van der Waals surface area contributed by atoms with Crippen molar-refractivity contribution in [1.82, 2.24) is 19.7 Å². The second-order valence-corrected chi connectivity index (χ2v) is 10.6. The SMILES string of the molecule is O=C(c1c[nH]c2ccccc12)C(Sc1nnc(-c2cccs2)n1CC1CCCO1)c1ccccc1. The van der Waals surface area contributed by atoms with Gasteiger partial charge < -0.3 is 9.72 Å². The normalized spacial score (nSPS) is 16.6. The molecule has 1 saturated heterocycles. The van der Waals surface area contributed by atoms with Crippen molar-refractivity contribution >= 4 is 39.8 Å². The van der Waals surface area contributed by atoms with E-state index in [-0.39, 0.29) is 11.9 Å². The molecule has 1 aliphatic heterocycles. The Kier molecular flexibility index (Phi) is 6.24. The number of H-pyrrole nitrogens is 1. The average Bonchev–Trinajstić information content (AvgIpc) is 3.71. The summed E-state index contributed by atoms with van der Waals surface area (Å²) < 4.78 is 8.07. The van der Waals surface area contributed by atoms with Gasteiger partial charge >= 0.3 is 0 Å². The Hall–Kier alpha value is -3.20. The Morgan fingerprint density at radius 3 is 2.77 bits per heavy atom.